The van der Waals surface area contributed by atoms with E-state index in [-0.39, 0.29) is 10.8 Å². The molecule has 0 aliphatic rings. The Balaban J connectivity index is 1.92. The summed E-state index contributed by atoms with van der Waals surface area (Å²) in [7, 11) is 0. The highest BCUT2D eigenvalue weighted by Gasteiger charge is 2.01. The minimum Gasteiger partial charge on any atom is -0.309 e. The van der Waals surface area contributed by atoms with Gasteiger partial charge in [0, 0.05) is 25.5 Å². The van der Waals surface area contributed by atoms with Gasteiger partial charge in [0.25, 0.3) is 0 Å². The molecule has 1 aromatic heterocycles. The second-order valence-electron chi connectivity index (χ2n) is 4.15. The smallest absolute Gasteiger partial charge is 0.141 e. The largest absolute Gasteiger partial charge is 0.309 e. The molecule has 0 bridgehead atoms. The van der Waals surface area contributed by atoms with Crippen molar-refractivity contribution < 1.29 is 4.39 Å². The summed E-state index contributed by atoms with van der Waals surface area (Å²) in [5, 5.41) is 3.44. The number of aryl methyl sites for hydroxylation is 1. The molecule has 1 heterocycles. The molecule has 1 aromatic carbocycles. The molecular formula is C14H14ClFN2. The van der Waals surface area contributed by atoms with Gasteiger partial charge in [-0.25, -0.2) is 4.39 Å². The van der Waals surface area contributed by atoms with Crippen molar-refractivity contribution in [2.75, 3.05) is 0 Å². The fraction of sp³-hybridized carbons (Fsp3) is 0.214. The second-order valence-corrected chi connectivity index (χ2v) is 4.56. The van der Waals surface area contributed by atoms with E-state index < -0.39 is 0 Å². The highest BCUT2D eigenvalue weighted by molar-refractivity contribution is 6.30. The molecule has 0 spiro atoms. The van der Waals surface area contributed by atoms with Crippen LogP contribution in [0.3, 0.4) is 0 Å². The lowest BCUT2D eigenvalue weighted by molar-refractivity contribution is 0.625. The number of benzene rings is 1. The van der Waals surface area contributed by atoms with Gasteiger partial charge in [-0.1, -0.05) is 17.7 Å². The van der Waals surface area contributed by atoms with Crippen molar-refractivity contribution in [3.63, 3.8) is 0 Å². The fourth-order valence-electron chi connectivity index (χ4n) is 1.67. The number of aromatic nitrogens is 1. The lowest BCUT2D eigenvalue weighted by Crippen LogP contribution is -2.13. The molecule has 2 aromatic rings. The molecule has 0 aliphatic carbocycles. The molecule has 4 heteroatoms. The van der Waals surface area contributed by atoms with Gasteiger partial charge < -0.3 is 5.32 Å². The van der Waals surface area contributed by atoms with E-state index in [1.165, 1.54) is 11.6 Å². The van der Waals surface area contributed by atoms with Crippen LogP contribution in [0, 0.1) is 12.7 Å². The molecule has 18 heavy (non-hydrogen) atoms. The maximum atomic E-state index is 13.0. The number of rotatable bonds is 4. The van der Waals surface area contributed by atoms with Crippen LogP contribution < -0.4 is 5.32 Å². The summed E-state index contributed by atoms with van der Waals surface area (Å²) in [5.41, 5.74) is 3.32. The van der Waals surface area contributed by atoms with Crippen molar-refractivity contribution in [2.24, 2.45) is 0 Å². The van der Waals surface area contributed by atoms with Gasteiger partial charge >= 0.3 is 0 Å². The van der Waals surface area contributed by atoms with Crippen LogP contribution in [0.2, 0.25) is 5.02 Å². The lowest BCUT2D eigenvalue weighted by Gasteiger charge is -2.07. The summed E-state index contributed by atoms with van der Waals surface area (Å²) in [5.74, 6) is -0.386. The Bertz CT molecular complexity index is 543. The van der Waals surface area contributed by atoms with Gasteiger partial charge in [0.15, 0.2) is 0 Å². The van der Waals surface area contributed by atoms with Gasteiger partial charge in [0.2, 0.25) is 0 Å². The number of nitrogens with zero attached hydrogens (tertiary/aromatic N) is 1. The molecule has 0 radical (unpaired) electrons. The fourth-order valence-corrected chi connectivity index (χ4v) is 1.88. The highest BCUT2D eigenvalue weighted by Crippen LogP contribution is 2.16. The molecule has 0 amide bonds. The van der Waals surface area contributed by atoms with Crippen LogP contribution in [0.25, 0.3) is 0 Å². The molecule has 0 saturated heterocycles. The third-order valence-electron chi connectivity index (χ3n) is 2.78. The predicted molar refractivity (Wildman–Crippen MR) is 70.9 cm³/mol. The third-order valence-corrected chi connectivity index (χ3v) is 3.07. The van der Waals surface area contributed by atoms with Crippen LogP contribution in [0.15, 0.2) is 36.7 Å². The van der Waals surface area contributed by atoms with E-state index >= 15 is 0 Å². The normalized spacial score (nSPS) is 10.6. The first-order valence-electron chi connectivity index (χ1n) is 5.71. The maximum Gasteiger partial charge on any atom is 0.141 e. The van der Waals surface area contributed by atoms with Crippen LogP contribution >= 0.6 is 11.6 Å². The molecule has 0 aliphatic heterocycles. The summed E-state index contributed by atoms with van der Waals surface area (Å²) in [6.07, 6.45) is 3.62. The first-order chi connectivity index (χ1) is 8.66. The summed E-state index contributed by atoms with van der Waals surface area (Å²) < 4.78 is 13.0. The minimum atomic E-state index is -0.386. The Hall–Kier alpha value is -1.45. The Morgan fingerprint density at radius 2 is 2.11 bits per heavy atom. The summed E-state index contributed by atoms with van der Waals surface area (Å²) in [6, 6.07) is 6.73. The molecular weight excluding hydrogens is 251 g/mol. The van der Waals surface area contributed by atoms with Crippen molar-refractivity contribution in [1.29, 1.82) is 0 Å². The van der Waals surface area contributed by atoms with Crippen LogP contribution in [-0.2, 0) is 13.1 Å². The van der Waals surface area contributed by atoms with Crippen molar-refractivity contribution in [3.05, 3.63) is 64.2 Å². The van der Waals surface area contributed by atoms with E-state index in [4.69, 9.17) is 11.6 Å². The van der Waals surface area contributed by atoms with E-state index in [1.807, 2.05) is 19.2 Å². The Morgan fingerprint density at radius 1 is 1.28 bits per heavy atom. The van der Waals surface area contributed by atoms with Crippen LogP contribution in [0.4, 0.5) is 4.39 Å². The summed E-state index contributed by atoms with van der Waals surface area (Å²) in [6.45, 7) is 3.43. The zero-order valence-electron chi connectivity index (χ0n) is 10.1. The summed E-state index contributed by atoms with van der Waals surface area (Å²) in [4.78, 5) is 4.09. The van der Waals surface area contributed by atoms with Gasteiger partial charge in [-0.15, -0.1) is 0 Å². The second kappa shape index (κ2) is 5.94. The minimum absolute atomic E-state index is 0.159. The van der Waals surface area contributed by atoms with Crippen molar-refractivity contribution in [1.82, 2.24) is 10.3 Å². The first-order valence-corrected chi connectivity index (χ1v) is 6.09. The molecule has 94 valence electrons. The van der Waals surface area contributed by atoms with Gasteiger partial charge in [0.1, 0.15) is 5.82 Å². The zero-order chi connectivity index (χ0) is 13.0. The van der Waals surface area contributed by atoms with Gasteiger partial charge in [-0.3, -0.25) is 4.98 Å². The molecule has 0 unspecified atom stereocenters. The molecule has 2 rings (SSSR count). The van der Waals surface area contributed by atoms with E-state index in [0.717, 1.165) is 17.7 Å². The molecule has 0 saturated carbocycles. The lowest BCUT2D eigenvalue weighted by atomic mass is 10.1. The predicted octanol–water partition coefficient (Wildman–Crippen LogP) is 3.47. The van der Waals surface area contributed by atoms with Gasteiger partial charge in [-0.05, 0) is 41.8 Å². The first kappa shape index (κ1) is 13.0. The van der Waals surface area contributed by atoms with Crippen molar-refractivity contribution in [3.8, 4) is 0 Å². The molecule has 1 N–H and O–H groups in total. The Labute approximate surface area is 111 Å². The SMILES string of the molecule is Cc1ccncc1CNCc1ccc(F)c(Cl)c1. The average Bonchev–Trinajstić information content (AvgIpc) is 2.36. The van der Waals surface area contributed by atoms with Crippen LogP contribution in [0.5, 0.6) is 0 Å². The molecule has 0 fully saturated rings. The highest BCUT2D eigenvalue weighted by atomic mass is 35.5. The number of pyridine rings is 1. The Morgan fingerprint density at radius 3 is 2.83 bits per heavy atom. The standard InChI is InChI=1S/C14H14ClFN2/c1-10-4-5-17-8-12(10)9-18-7-11-2-3-14(16)13(15)6-11/h2-6,8,18H,7,9H2,1H3. The maximum absolute atomic E-state index is 13.0. The molecule has 2 nitrogen and oxygen atoms in total. The van der Waals surface area contributed by atoms with Gasteiger partial charge in [-0.2, -0.15) is 0 Å². The average molecular weight is 265 g/mol. The van der Waals surface area contributed by atoms with E-state index in [2.05, 4.69) is 10.3 Å². The number of nitrogens with one attached hydrogen (secondary N) is 1. The number of halogens is 2. The molecule has 0 atom stereocenters. The van der Waals surface area contributed by atoms with E-state index in [0.29, 0.717) is 6.54 Å². The van der Waals surface area contributed by atoms with Crippen molar-refractivity contribution >= 4 is 11.6 Å². The quantitative estimate of drug-likeness (QED) is 0.915. The van der Waals surface area contributed by atoms with Crippen LogP contribution in [-0.4, -0.2) is 4.98 Å². The number of hydrogen-bond donors (Lipinski definition) is 1. The Kier molecular flexibility index (Phi) is 4.28. The summed E-state index contributed by atoms with van der Waals surface area (Å²) >= 11 is 5.72. The van der Waals surface area contributed by atoms with Crippen molar-refractivity contribution in [2.45, 2.75) is 20.0 Å². The third kappa shape index (κ3) is 3.28. The topological polar surface area (TPSA) is 24.9 Å². The van der Waals surface area contributed by atoms with E-state index in [1.54, 1.807) is 18.3 Å². The van der Waals surface area contributed by atoms with E-state index in [9.17, 15) is 4.39 Å². The zero-order valence-corrected chi connectivity index (χ0v) is 10.8. The van der Waals surface area contributed by atoms with Gasteiger partial charge in [0.05, 0.1) is 5.02 Å². The monoisotopic (exact) mass is 264 g/mol. The number of hydrogen-bond acceptors (Lipinski definition) is 2. The van der Waals surface area contributed by atoms with Crippen LogP contribution in [0.1, 0.15) is 16.7 Å².